The number of methoxy groups -OCH3 is 1. The van der Waals surface area contributed by atoms with E-state index in [4.69, 9.17) is 14.2 Å². The van der Waals surface area contributed by atoms with Crippen LogP contribution in [0.4, 0.5) is 4.39 Å². The molecule has 3 N–H and O–H groups in total. The molecule has 0 spiro atoms. The van der Waals surface area contributed by atoms with Crippen molar-refractivity contribution < 1.29 is 33.6 Å². The molecule has 1 fully saturated rings. The van der Waals surface area contributed by atoms with Gasteiger partial charge in [0, 0.05) is 26.1 Å². The van der Waals surface area contributed by atoms with Gasteiger partial charge < -0.3 is 29.7 Å². The van der Waals surface area contributed by atoms with Crippen molar-refractivity contribution in [1.29, 1.82) is 0 Å². The van der Waals surface area contributed by atoms with Crippen molar-refractivity contribution >= 4 is 5.91 Å². The van der Waals surface area contributed by atoms with Gasteiger partial charge in [0.25, 0.3) is 0 Å². The first kappa shape index (κ1) is 28.7. The van der Waals surface area contributed by atoms with Crippen LogP contribution in [-0.2, 0) is 4.79 Å². The van der Waals surface area contributed by atoms with Gasteiger partial charge in [0.1, 0.15) is 23.4 Å². The van der Waals surface area contributed by atoms with Crippen LogP contribution < -0.4 is 19.5 Å². The molecule has 0 saturated carbocycles. The van der Waals surface area contributed by atoms with Crippen molar-refractivity contribution in [3.05, 3.63) is 54.1 Å². The Morgan fingerprint density at radius 3 is 2.24 bits per heavy atom. The quantitative estimate of drug-likeness (QED) is 0.293. The summed E-state index contributed by atoms with van der Waals surface area (Å²) in [5, 5.41) is 24.0. The minimum atomic E-state index is -0.933. The molecule has 0 bridgehead atoms. The third kappa shape index (κ3) is 9.83. The zero-order chi connectivity index (χ0) is 26.5. The number of hydrogen-bond acceptors (Lipinski definition) is 7. The molecular weight excluding hydrogens is 479 g/mol. The van der Waals surface area contributed by atoms with Crippen molar-refractivity contribution in [2.75, 3.05) is 46.6 Å². The maximum atomic E-state index is 12.7. The largest absolute Gasteiger partial charge is 0.497 e. The van der Waals surface area contributed by atoms with Crippen LogP contribution in [0.3, 0.4) is 0 Å². The zero-order valence-electron chi connectivity index (χ0n) is 21.5. The van der Waals surface area contributed by atoms with E-state index in [1.54, 1.807) is 31.4 Å². The fourth-order valence-electron chi connectivity index (χ4n) is 4.23. The molecule has 2 aromatic carbocycles. The third-order valence-electron chi connectivity index (χ3n) is 6.32. The standard InChI is InChI=1S/C28H39FN2O6/c1-35-23-10-12-25(13-11-23)37-18-4-5-27(33)30-26(20-31-16-14-22(32)19-31)28(34)21-6-8-24(9-7-21)36-17-3-2-15-29/h6-13,22,26,28,32,34H,2-5,14-20H2,1H3,(H,30,33)/t22-,26?,28?/m1/s1. The summed E-state index contributed by atoms with van der Waals surface area (Å²) in [7, 11) is 1.60. The summed E-state index contributed by atoms with van der Waals surface area (Å²) in [5.74, 6) is 1.93. The van der Waals surface area contributed by atoms with Gasteiger partial charge in [0.2, 0.25) is 5.91 Å². The number of nitrogens with zero attached hydrogens (tertiary/aromatic N) is 1. The normalized spacial score (nSPS) is 17.2. The van der Waals surface area contributed by atoms with Gasteiger partial charge in [-0.1, -0.05) is 12.1 Å². The van der Waals surface area contributed by atoms with Crippen molar-refractivity contribution in [3.63, 3.8) is 0 Å². The van der Waals surface area contributed by atoms with Crippen molar-refractivity contribution in [2.45, 2.75) is 50.4 Å². The van der Waals surface area contributed by atoms with Crippen LogP contribution in [0, 0.1) is 0 Å². The van der Waals surface area contributed by atoms with E-state index in [1.807, 2.05) is 29.2 Å². The SMILES string of the molecule is COc1ccc(OCCCC(=O)NC(CN2CC[C@@H](O)C2)C(O)c2ccc(OCCCCF)cc2)cc1. The molecule has 1 heterocycles. The smallest absolute Gasteiger partial charge is 0.220 e. The molecule has 0 aromatic heterocycles. The molecule has 3 atom stereocenters. The molecule has 2 unspecified atom stereocenters. The molecule has 1 aliphatic heterocycles. The maximum Gasteiger partial charge on any atom is 0.220 e. The van der Waals surface area contributed by atoms with E-state index in [0.29, 0.717) is 75.6 Å². The Balaban J connectivity index is 1.52. The highest BCUT2D eigenvalue weighted by atomic mass is 19.1. The number of carbonyl (C=O) groups excluding carboxylic acids is 1. The molecule has 1 amide bonds. The van der Waals surface area contributed by atoms with E-state index in [0.717, 1.165) is 5.75 Å². The van der Waals surface area contributed by atoms with E-state index in [1.165, 1.54) is 0 Å². The average molecular weight is 519 g/mol. The first-order valence-electron chi connectivity index (χ1n) is 12.9. The molecule has 0 radical (unpaired) electrons. The van der Waals surface area contributed by atoms with E-state index in [2.05, 4.69) is 5.32 Å². The van der Waals surface area contributed by atoms with Crippen LogP contribution in [0.15, 0.2) is 48.5 Å². The van der Waals surface area contributed by atoms with Gasteiger partial charge in [-0.25, -0.2) is 0 Å². The molecule has 37 heavy (non-hydrogen) atoms. The van der Waals surface area contributed by atoms with E-state index in [-0.39, 0.29) is 19.0 Å². The van der Waals surface area contributed by atoms with Crippen molar-refractivity contribution in [3.8, 4) is 17.2 Å². The number of likely N-dealkylation sites (tertiary alicyclic amines) is 1. The summed E-state index contributed by atoms with van der Waals surface area (Å²) >= 11 is 0. The Morgan fingerprint density at radius 1 is 1.03 bits per heavy atom. The lowest BCUT2D eigenvalue weighted by atomic mass is 10.0. The van der Waals surface area contributed by atoms with Gasteiger partial charge in [-0.05, 0) is 67.6 Å². The van der Waals surface area contributed by atoms with Crippen molar-refractivity contribution in [2.24, 2.45) is 0 Å². The lowest BCUT2D eigenvalue weighted by Crippen LogP contribution is -2.47. The monoisotopic (exact) mass is 518 g/mol. The zero-order valence-corrected chi connectivity index (χ0v) is 21.5. The third-order valence-corrected chi connectivity index (χ3v) is 6.32. The summed E-state index contributed by atoms with van der Waals surface area (Å²) in [4.78, 5) is 14.8. The minimum absolute atomic E-state index is 0.171. The number of hydrogen-bond donors (Lipinski definition) is 3. The fraction of sp³-hybridized carbons (Fsp3) is 0.536. The van der Waals surface area contributed by atoms with Crippen LogP contribution in [-0.4, -0.2) is 79.8 Å². The van der Waals surface area contributed by atoms with Gasteiger partial charge in [-0.15, -0.1) is 0 Å². The molecule has 9 heteroatoms. The number of ether oxygens (including phenoxy) is 3. The number of halogens is 1. The molecule has 2 aromatic rings. The number of aliphatic hydroxyl groups excluding tert-OH is 2. The first-order chi connectivity index (χ1) is 18.0. The Hall–Kier alpha value is -2.88. The number of alkyl halides is 1. The summed E-state index contributed by atoms with van der Waals surface area (Å²) < 4.78 is 28.7. The number of rotatable bonds is 16. The van der Waals surface area contributed by atoms with Crippen molar-refractivity contribution in [1.82, 2.24) is 10.2 Å². The second-order valence-corrected chi connectivity index (χ2v) is 9.26. The summed E-state index contributed by atoms with van der Waals surface area (Å²) in [6.07, 6.45) is 1.24. The van der Waals surface area contributed by atoms with Gasteiger partial charge >= 0.3 is 0 Å². The number of aliphatic hydroxyl groups is 2. The van der Waals surface area contributed by atoms with E-state index < -0.39 is 18.2 Å². The lowest BCUT2D eigenvalue weighted by Gasteiger charge is -2.29. The minimum Gasteiger partial charge on any atom is -0.497 e. The predicted octanol–water partition coefficient (Wildman–Crippen LogP) is 3.27. The van der Waals surface area contributed by atoms with E-state index >= 15 is 0 Å². The topological polar surface area (TPSA) is 100 Å². The number of amides is 1. The molecule has 0 aliphatic carbocycles. The van der Waals surface area contributed by atoms with Gasteiger partial charge in [0.15, 0.2) is 0 Å². The summed E-state index contributed by atoms with van der Waals surface area (Å²) in [5.41, 5.74) is 0.656. The van der Waals surface area contributed by atoms with Gasteiger partial charge in [0.05, 0.1) is 39.1 Å². The second kappa shape index (κ2) is 15.4. The number of β-amino-alcohol motifs (C(OH)–C–C–N with tert-alkyl or cyclic N) is 1. The van der Waals surface area contributed by atoms with Crippen LogP contribution >= 0.6 is 0 Å². The molecule has 8 nitrogen and oxygen atoms in total. The molecule has 1 aliphatic rings. The second-order valence-electron chi connectivity index (χ2n) is 9.26. The van der Waals surface area contributed by atoms with Crippen LogP contribution in [0.2, 0.25) is 0 Å². The molecule has 3 rings (SSSR count). The average Bonchev–Trinajstić information content (AvgIpc) is 3.33. The highest BCUT2D eigenvalue weighted by Crippen LogP contribution is 2.23. The van der Waals surface area contributed by atoms with Crippen LogP contribution in [0.5, 0.6) is 17.2 Å². The molecular formula is C28H39FN2O6. The maximum absolute atomic E-state index is 12.7. The Morgan fingerprint density at radius 2 is 1.65 bits per heavy atom. The number of carbonyl (C=O) groups is 1. The van der Waals surface area contributed by atoms with Crippen LogP contribution in [0.25, 0.3) is 0 Å². The summed E-state index contributed by atoms with van der Waals surface area (Å²) in [6.45, 7) is 2.11. The molecule has 204 valence electrons. The predicted molar refractivity (Wildman–Crippen MR) is 139 cm³/mol. The highest BCUT2D eigenvalue weighted by Gasteiger charge is 2.28. The number of nitrogens with one attached hydrogen (secondary N) is 1. The van der Waals surface area contributed by atoms with Crippen LogP contribution in [0.1, 0.15) is 43.8 Å². The number of benzene rings is 2. The van der Waals surface area contributed by atoms with Gasteiger partial charge in [-0.2, -0.15) is 0 Å². The number of unbranched alkanes of at least 4 members (excludes halogenated alkanes) is 1. The Labute approximate surface area is 218 Å². The van der Waals surface area contributed by atoms with Gasteiger partial charge in [-0.3, -0.25) is 14.1 Å². The lowest BCUT2D eigenvalue weighted by molar-refractivity contribution is -0.123. The summed E-state index contributed by atoms with van der Waals surface area (Å²) in [6, 6.07) is 13.8. The van der Waals surface area contributed by atoms with E-state index in [9.17, 15) is 19.4 Å². The molecule has 1 saturated heterocycles. The fourth-order valence-corrected chi connectivity index (χ4v) is 4.23. The Kier molecular flexibility index (Phi) is 11.9. The highest BCUT2D eigenvalue weighted by molar-refractivity contribution is 5.76. The first-order valence-corrected chi connectivity index (χ1v) is 12.9. The Bertz CT molecular complexity index is 927.